The van der Waals surface area contributed by atoms with Gasteiger partial charge >= 0.3 is 0 Å². The average molecular weight is 516 g/mol. The van der Waals surface area contributed by atoms with E-state index in [2.05, 4.69) is 20.1 Å². The molecule has 9 heteroatoms. The first-order valence-electron chi connectivity index (χ1n) is 13.4. The van der Waals surface area contributed by atoms with Crippen LogP contribution in [0.15, 0.2) is 48.7 Å². The first kappa shape index (κ1) is 23.4. The van der Waals surface area contributed by atoms with E-state index >= 15 is 4.39 Å². The summed E-state index contributed by atoms with van der Waals surface area (Å²) in [6, 6.07) is 11.9. The van der Waals surface area contributed by atoms with Crippen molar-refractivity contribution in [2.75, 3.05) is 54.8 Å². The van der Waals surface area contributed by atoms with Gasteiger partial charge in [-0.05, 0) is 74.7 Å². The van der Waals surface area contributed by atoms with Crippen LogP contribution in [-0.2, 0) is 0 Å². The highest BCUT2D eigenvalue weighted by molar-refractivity contribution is 5.91. The quantitative estimate of drug-likeness (QED) is 0.383. The van der Waals surface area contributed by atoms with Crippen molar-refractivity contribution in [3.63, 3.8) is 0 Å². The van der Waals surface area contributed by atoms with Crippen LogP contribution >= 0.6 is 0 Å². The lowest BCUT2D eigenvalue weighted by molar-refractivity contribution is 0.369. The van der Waals surface area contributed by atoms with Crippen LogP contribution in [0, 0.1) is 17.0 Å². The summed E-state index contributed by atoms with van der Waals surface area (Å²) in [6.07, 6.45) is 6.27. The van der Waals surface area contributed by atoms with Crippen molar-refractivity contribution in [1.29, 1.82) is 0 Å². The molecule has 4 aromatic rings. The molecule has 1 unspecified atom stereocenters. The summed E-state index contributed by atoms with van der Waals surface area (Å²) >= 11 is 0. The van der Waals surface area contributed by atoms with E-state index in [9.17, 15) is 4.39 Å². The van der Waals surface area contributed by atoms with Crippen molar-refractivity contribution in [1.82, 2.24) is 19.9 Å². The zero-order chi connectivity index (χ0) is 25.9. The monoisotopic (exact) mass is 515 g/mol. The molecule has 7 nitrogen and oxygen atoms in total. The minimum Gasteiger partial charge on any atom is -0.396 e. The van der Waals surface area contributed by atoms with Gasteiger partial charge < -0.3 is 20.9 Å². The predicted molar refractivity (Wildman–Crippen MR) is 147 cm³/mol. The predicted octanol–water partition coefficient (Wildman–Crippen LogP) is 4.74. The lowest BCUT2D eigenvalue weighted by Crippen LogP contribution is -2.29. The Kier molecular flexibility index (Phi) is 5.51. The number of benzene rings is 2. The Balaban J connectivity index is 1.39. The maximum absolute atomic E-state index is 15.8. The molecule has 38 heavy (non-hydrogen) atoms. The summed E-state index contributed by atoms with van der Waals surface area (Å²) < 4.78 is 32.1. The zero-order valence-corrected chi connectivity index (χ0v) is 21.3. The number of imidazole rings is 1. The van der Waals surface area contributed by atoms with Crippen molar-refractivity contribution in [2.45, 2.75) is 25.7 Å². The fraction of sp³-hybridized carbons (Fsp3) is 0.379. The summed E-state index contributed by atoms with van der Waals surface area (Å²) in [5, 5.41) is 3.51. The Morgan fingerprint density at radius 2 is 1.76 bits per heavy atom. The highest BCUT2D eigenvalue weighted by Gasteiger charge is 2.41. The van der Waals surface area contributed by atoms with Crippen LogP contribution in [0.3, 0.4) is 0 Å². The molecule has 0 radical (unpaired) electrons. The molecule has 3 aliphatic rings. The third kappa shape index (κ3) is 3.79. The molecular weight excluding hydrogens is 484 g/mol. The van der Waals surface area contributed by atoms with E-state index in [0.717, 1.165) is 76.3 Å². The number of aromatic nitrogens is 3. The highest BCUT2D eigenvalue weighted by Crippen LogP contribution is 2.41. The van der Waals surface area contributed by atoms with Crippen LogP contribution in [0.5, 0.6) is 0 Å². The molecule has 1 spiro atoms. The molecular formula is C29H31F2N7. The van der Waals surface area contributed by atoms with Gasteiger partial charge in [0, 0.05) is 55.6 Å². The molecule has 7 rings (SSSR count). The number of nitrogens with two attached hydrogens (primary N) is 1. The lowest BCUT2D eigenvalue weighted by atomic mass is 9.86. The van der Waals surface area contributed by atoms with Gasteiger partial charge in [0.15, 0.2) is 5.65 Å². The van der Waals surface area contributed by atoms with E-state index in [1.807, 2.05) is 12.1 Å². The number of hydrogen-bond donors (Lipinski definition) is 2. The van der Waals surface area contributed by atoms with Gasteiger partial charge in [0.05, 0.1) is 17.1 Å². The molecule has 196 valence electrons. The van der Waals surface area contributed by atoms with E-state index in [1.165, 1.54) is 12.1 Å². The molecule has 2 aromatic carbocycles. The summed E-state index contributed by atoms with van der Waals surface area (Å²) in [5.41, 5.74) is 10.0. The minimum atomic E-state index is -0.533. The Hall–Kier alpha value is -3.72. The van der Waals surface area contributed by atoms with E-state index in [0.29, 0.717) is 28.2 Å². The number of pyridine rings is 1. The number of nitrogens with one attached hydrogen (secondary N) is 1. The maximum atomic E-state index is 15.8. The molecule has 0 saturated carbocycles. The summed E-state index contributed by atoms with van der Waals surface area (Å²) in [6.45, 7) is 5.81. The van der Waals surface area contributed by atoms with Crippen molar-refractivity contribution in [2.24, 2.45) is 5.41 Å². The Morgan fingerprint density at radius 3 is 2.53 bits per heavy atom. The van der Waals surface area contributed by atoms with Gasteiger partial charge in [-0.1, -0.05) is 0 Å². The average Bonchev–Trinajstić information content (AvgIpc) is 3.74. The lowest BCUT2D eigenvalue weighted by Gasteiger charge is -2.24. The third-order valence-electron chi connectivity index (χ3n) is 8.54. The number of halogens is 2. The summed E-state index contributed by atoms with van der Waals surface area (Å²) in [5.74, 6) is -0.465. The first-order valence-corrected chi connectivity index (χ1v) is 13.4. The van der Waals surface area contributed by atoms with Gasteiger partial charge in [0.1, 0.15) is 23.0 Å². The van der Waals surface area contributed by atoms with Crippen molar-refractivity contribution in [3.05, 3.63) is 60.3 Å². The van der Waals surface area contributed by atoms with Gasteiger partial charge in [0.2, 0.25) is 0 Å². The maximum Gasteiger partial charge on any atom is 0.167 e. The van der Waals surface area contributed by atoms with Gasteiger partial charge in [0.25, 0.3) is 0 Å². The van der Waals surface area contributed by atoms with E-state index in [1.54, 1.807) is 29.0 Å². The molecule has 2 aromatic heterocycles. The number of fused-ring (bicyclic) bond motifs is 1. The number of nitrogen functional groups attached to an aromatic ring is 1. The van der Waals surface area contributed by atoms with Crippen molar-refractivity contribution in [3.8, 4) is 17.1 Å². The first-order chi connectivity index (χ1) is 18.5. The fourth-order valence-corrected chi connectivity index (χ4v) is 6.44. The van der Waals surface area contributed by atoms with Gasteiger partial charge in [-0.3, -0.25) is 4.57 Å². The fourth-order valence-electron chi connectivity index (χ4n) is 6.44. The second-order valence-corrected chi connectivity index (χ2v) is 10.9. The number of hydrogen-bond acceptors (Lipinski definition) is 6. The van der Waals surface area contributed by atoms with Gasteiger partial charge in [-0.25, -0.2) is 18.7 Å². The molecule has 3 saturated heterocycles. The highest BCUT2D eigenvalue weighted by atomic mass is 19.1. The molecule has 0 amide bonds. The van der Waals surface area contributed by atoms with Crippen LogP contribution in [0.4, 0.5) is 25.8 Å². The number of nitrogens with zero attached hydrogens (tertiary/aromatic N) is 5. The van der Waals surface area contributed by atoms with Crippen LogP contribution in [0.2, 0.25) is 0 Å². The standard InChI is InChI=1S/C29H31F2N7/c30-21-15-19(3-5-23(21)32)27-35-26-25(37-14-9-29(18-37)8-11-33-17-29)7-10-34-28(26)38(27)24-6-4-20(16-22(24)31)36-12-1-2-13-36/h3-7,10,15-16,33H,1-2,8-9,11-14,17-18,32H2. The third-order valence-corrected chi connectivity index (χ3v) is 8.54. The van der Waals surface area contributed by atoms with Crippen LogP contribution < -0.4 is 20.9 Å². The Labute approximate surface area is 220 Å². The molecule has 3 fully saturated rings. The normalized spacial score (nSPS) is 21.4. The summed E-state index contributed by atoms with van der Waals surface area (Å²) in [4.78, 5) is 14.2. The minimum absolute atomic E-state index is 0.0592. The van der Waals surface area contributed by atoms with Crippen LogP contribution in [0.1, 0.15) is 25.7 Å². The summed E-state index contributed by atoms with van der Waals surface area (Å²) in [7, 11) is 0. The second-order valence-electron chi connectivity index (χ2n) is 10.9. The van der Waals surface area contributed by atoms with E-state index in [-0.39, 0.29) is 16.9 Å². The SMILES string of the molecule is Nc1ccc(-c2nc3c(N4CCC5(CCNC5)C4)ccnc3n2-c2ccc(N3CCCC3)cc2F)cc1F. The molecule has 3 aliphatic heterocycles. The van der Waals surface area contributed by atoms with Crippen molar-refractivity contribution >= 4 is 28.2 Å². The Bertz CT molecular complexity index is 1520. The molecule has 3 N–H and O–H groups in total. The second kappa shape index (κ2) is 8.94. The molecule has 1 atom stereocenters. The topological polar surface area (TPSA) is 75.2 Å². The molecule has 0 bridgehead atoms. The van der Waals surface area contributed by atoms with Gasteiger partial charge in [-0.15, -0.1) is 0 Å². The Morgan fingerprint density at radius 1 is 0.895 bits per heavy atom. The van der Waals surface area contributed by atoms with Crippen LogP contribution in [-0.4, -0.2) is 53.8 Å². The molecule has 0 aliphatic carbocycles. The zero-order valence-electron chi connectivity index (χ0n) is 21.3. The van der Waals surface area contributed by atoms with Crippen molar-refractivity contribution < 1.29 is 8.78 Å². The van der Waals surface area contributed by atoms with E-state index < -0.39 is 5.82 Å². The van der Waals surface area contributed by atoms with Crippen LogP contribution in [0.25, 0.3) is 28.2 Å². The number of anilines is 3. The van der Waals surface area contributed by atoms with E-state index in [4.69, 9.17) is 10.7 Å². The number of rotatable bonds is 4. The smallest absolute Gasteiger partial charge is 0.167 e. The largest absolute Gasteiger partial charge is 0.396 e. The van der Waals surface area contributed by atoms with Gasteiger partial charge in [-0.2, -0.15) is 0 Å². The molecule has 5 heterocycles.